The number of aromatic nitrogens is 1. The van der Waals surface area contributed by atoms with Crippen LogP contribution in [0.1, 0.15) is 17.5 Å². The van der Waals surface area contributed by atoms with Gasteiger partial charge in [-0.15, -0.1) is 0 Å². The molecule has 3 rings (SSSR count). The normalized spacial score (nSPS) is 13.9. The van der Waals surface area contributed by atoms with Crippen LogP contribution in [0.25, 0.3) is 0 Å². The summed E-state index contributed by atoms with van der Waals surface area (Å²) in [5.74, 6) is -2.07. The first kappa shape index (κ1) is 20.8. The molecule has 2 amide bonds. The average Bonchev–Trinajstić information content (AvgIpc) is 2.71. The molecule has 0 saturated carbocycles. The summed E-state index contributed by atoms with van der Waals surface area (Å²) in [4.78, 5) is 41.0. The number of hydrogen-bond donors (Lipinski definition) is 3. The number of carbonyl (C=O) groups is 3. The van der Waals surface area contributed by atoms with Crippen LogP contribution < -0.4 is 10.1 Å². The van der Waals surface area contributed by atoms with E-state index in [1.54, 1.807) is 18.3 Å². The van der Waals surface area contributed by atoms with Crippen LogP contribution in [0.4, 0.5) is 0 Å². The Morgan fingerprint density at radius 2 is 2.00 bits per heavy atom. The van der Waals surface area contributed by atoms with E-state index < -0.39 is 29.9 Å². The Morgan fingerprint density at radius 3 is 2.67 bits per heavy atom. The maximum absolute atomic E-state index is 12.6. The number of pyridine rings is 1. The Labute approximate surface area is 172 Å². The first-order chi connectivity index (χ1) is 14.3. The summed E-state index contributed by atoms with van der Waals surface area (Å²) in [7, 11) is 0. The van der Waals surface area contributed by atoms with Gasteiger partial charge in [0.1, 0.15) is 23.6 Å². The molecular formula is C21H21N3O6. The van der Waals surface area contributed by atoms with Gasteiger partial charge in [-0.1, -0.05) is 24.3 Å². The van der Waals surface area contributed by atoms with E-state index >= 15 is 0 Å². The number of aliphatic hydroxyl groups is 1. The maximum atomic E-state index is 12.6. The van der Waals surface area contributed by atoms with Crippen molar-refractivity contribution in [1.82, 2.24) is 15.2 Å². The number of benzene rings is 1. The third kappa shape index (κ3) is 4.93. The van der Waals surface area contributed by atoms with Crippen molar-refractivity contribution in [2.45, 2.75) is 19.9 Å². The summed E-state index contributed by atoms with van der Waals surface area (Å²) in [6.07, 6.45) is 1.67. The molecule has 1 aromatic heterocycles. The summed E-state index contributed by atoms with van der Waals surface area (Å²) in [5, 5.41) is 20.7. The molecule has 0 radical (unpaired) electrons. The Morgan fingerprint density at radius 1 is 1.23 bits per heavy atom. The molecule has 0 unspecified atom stereocenters. The lowest BCUT2D eigenvalue weighted by atomic mass is 10.1. The van der Waals surface area contributed by atoms with Crippen molar-refractivity contribution in [3.63, 3.8) is 0 Å². The summed E-state index contributed by atoms with van der Waals surface area (Å²) < 4.78 is 5.75. The van der Waals surface area contributed by atoms with Crippen molar-refractivity contribution in [3.8, 4) is 11.6 Å². The fraction of sp³-hybridized carbons (Fsp3) is 0.238. The van der Waals surface area contributed by atoms with Crippen molar-refractivity contribution in [2.24, 2.45) is 0 Å². The molecule has 9 heteroatoms. The second-order valence-electron chi connectivity index (χ2n) is 6.75. The summed E-state index contributed by atoms with van der Waals surface area (Å²) in [6.45, 7) is 1.69. The number of amides is 2. The monoisotopic (exact) mass is 411 g/mol. The molecule has 0 atom stereocenters. The van der Waals surface area contributed by atoms with Crippen LogP contribution in [-0.2, 0) is 20.9 Å². The van der Waals surface area contributed by atoms with Gasteiger partial charge in [0.05, 0.1) is 0 Å². The van der Waals surface area contributed by atoms with Crippen molar-refractivity contribution in [2.75, 3.05) is 13.1 Å². The van der Waals surface area contributed by atoms with Crippen molar-refractivity contribution in [1.29, 1.82) is 0 Å². The third-order valence-corrected chi connectivity index (χ3v) is 4.51. The molecule has 1 aliphatic rings. The van der Waals surface area contributed by atoms with Crippen molar-refractivity contribution in [3.05, 3.63) is 65.1 Å². The van der Waals surface area contributed by atoms with Gasteiger partial charge in [0, 0.05) is 31.8 Å². The molecule has 0 aliphatic carbocycles. The number of aliphatic carboxylic acids is 1. The highest BCUT2D eigenvalue weighted by Gasteiger charge is 2.32. The van der Waals surface area contributed by atoms with E-state index in [0.29, 0.717) is 17.2 Å². The molecule has 2 aromatic rings. The highest BCUT2D eigenvalue weighted by Crippen LogP contribution is 2.24. The lowest BCUT2D eigenvalue weighted by molar-refractivity contribution is -0.138. The predicted octanol–water partition coefficient (Wildman–Crippen LogP) is 1.93. The molecule has 30 heavy (non-hydrogen) atoms. The maximum Gasteiger partial charge on any atom is 0.322 e. The lowest BCUT2D eigenvalue weighted by Crippen LogP contribution is -2.43. The number of para-hydroxylation sites is 1. The molecule has 3 N–H and O–H groups in total. The van der Waals surface area contributed by atoms with Gasteiger partial charge in [-0.2, -0.15) is 0 Å². The number of nitrogens with zero attached hydrogens (tertiary/aromatic N) is 2. The van der Waals surface area contributed by atoms with Crippen LogP contribution in [-0.4, -0.2) is 51.0 Å². The topological polar surface area (TPSA) is 129 Å². The predicted molar refractivity (Wildman–Crippen MR) is 106 cm³/mol. The van der Waals surface area contributed by atoms with Gasteiger partial charge >= 0.3 is 5.97 Å². The Balaban J connectivity index is 1.66. The fourth-order valence-corrected chi connectivity index (χ4v) is 2.94. The number of aryl methyl sites for hydroxylation is 1. The molecule has 2 heterocycles. The van der Waals surface area contributed by atoms with Crippen LogP contribution in [0.5, 0.6) is 11.6 Å². The SMILES string of the molecule is Cc1ccccc1Oc1ccc(CN2CCC(O)=C(C(=O)NCC(=O)O)C2=O)cn1. The highest BCUT2D eigenvalue weighted by molar-refractivity contribution is 6.19. The zero-order valence-electron chi connectivity index (χ0n) is 16.3. The number of aliphatic hydroxyl groups excluding tert-OH is 1. The number of carboxylic acids is 1. The summed E-state index contributed by atoms with van der Waals surface area (Å²) in [6, 6.07) is 11.0. The van der Waals surface area contributed by atoms with E-state index in [1.807, 2.05) is 31.2 Å². The van der Waals surface area contributed by atoms with Crippen LogP contribution in [0.2, 0.25) is 0 Å². The van der Waals surface area contributed by atoms with Gasteiger partial charge in [-0.3, -0.25) is 14.4 Å². The van der Waals surface area contributed by atoms with Crippen LogP contribution >= 0.6 is 0 Å². The molecule has 9 nitrogen and oxygen atoms in total. The van der Waals surface area contributed by atoms with E-state index in [0.717, 1.165) is 5.56 Å². The van der Waals surface area contributed by atoms with Gasteiger partial charge < -0.3 is 25.2 Å². The molecule has 1 aliphatic heterocycles. The molecule has 1 aromatic carbocycles. The van der Waals surface area contributed by atoms with E-state index in [-0.39, 0.29) is 25.3 Å². The minimum Gasteiger partial charge on any atom is -0.511 e. The number of hydrogen-bond acceptors (Lipinski definition) is 6. The molecule has 0 fully saturated rings. The van der Waals surface area contributed by atoms with Crippen LogP contribution in [0, 0.1) is 6.92 Å². The van der Waals surface area contributed by atoms with Crippen molar-refractivity contribution < 1.29 is 29.3 Å². The van der Waals surface area contributed by atoms with Gasteiger partial charge in [-0.05, 0) is 24.1 Å². The fourth-order valence-electron chi connectivity index (χ4n) is 2.94. The number of carbonyl (C=O) groups excluding carboxylic acids is 2. The standard InChI is InChI=1S/C21H21N3O6/c1-13-4-2-3-5-16(13)30-17-7-6-14(10-22-17)12-24-9-8-15(25)19(21(24)29)20(28)23-11-18(26)27/h2-7,10,25H,8-9,11-12H2,1H3,(H,23,28)(H,26,27). The summed E-state index contributed by atoms with van der Waals surface area (Å²) in [5.41, 5.74) is 1.25. The second-order valence-corrected chi connectivity index (χ2v) is 6.75. The first-order valence-corrected chi connectivity index (χ1v) is 9.25. The minimum atomic E-state index is -1.25. The number of carboxylic acid groups (broad SMARTS) is 1. The van der Waals surface area contributed by atoms with Gasteiger partial charge in [0.15, 0.2) is 0 Å². The van der Waals surface area contributed by atoms with Gasteiger partial charge in [0.25, 0.3) is 11.8 Å². The second kappa shape index (κ2) is 9.08. The van der Waals surface area contributed by atoms with Crippen LogP contribution in [0.15, 0.2) is 53.9 Å². The Hall–Kier alpha value is -3.88. The molecule has 0 bridgehead atoms. The molecule has 156 valence electrons. The summed E-state index contributed by atoms with van der Waals surface area (Å²) >= 11 is 0. The molecule has 0 saturated heterocycles. The van der Waals surface area contributed by atoms with E-state index in [9.17, 15) is 19.5 Å². The zero-order valence-corrected chi connectivity index (χ0v) is 16.3. The third-order valence-electron chi connectivity index (χ3n) is 4.51. The Kier molecular flexibility index (Phi) is 6.31. The van der Waals surface area contributed by atoms with Crippen molar-refractivity contribution >= 4 is 17.8 Å². The zero-order chi connectivity index (χ0) is 21.7. The van der Waals surface area contributed by atoms with E-state index in [2.05, 4.69) is 10.3 Å². The molecule has 0 spiro atoms. The van der Waals surface area contributed by atoms with Gasteiger partial charge in [0.2, 0.25) is 5.88 Å². The largest absolute Gasteiger partial charge is 0.511 e. The quantitative estimate of drug-likeness (QED) is 0.594. The number of nitrogens with one attached hydrogen (secondary N) is 1. The average molecular weight is 411 g/mol. The van der Waals surface area contributed by atoms with Gasteiger partial charge in [-0.25, -0.2) is 4.98 Å². The minimum absolute atomic E-state index is 0.101. The van der Waals surface area contributed by atoms with E-state index in [4.69, 9.17) is 9.84 Å². The lowest BCUT2D eigenvalue weighted by Gasteiger charge is -2.28. The smallest absolute Gasteiger partial charge is 0.322 e. The number of ether oxygens (including phenoxy) is 1. The van der Waals surface area contributed by atoms with E-state index in [1.165, 1.54) is 4.90 Å². The van der Waals surface area contributed by atoms with Crippen LogP contribution in [0.3, 0.4) is 0 Å². The molecular weight excluding hydrogens is 390 g/mol. The first-order valence-electron chi connectivity index (χ1n) is 9.25. The highest BCUT2D eigenvalue weighted by atomic mass is 16.5. The Bertz CT molecular complexity index is 1000. The number of rotatable bonds is 7.